The first-order valence-electron chi connectivity index (χ1n) is 6.97. The topological polar surface area (TPSA) is 93.5 Å². The van der Waals surface area contributed by atoms with Crippen molar-refractivity contribution < 1.29 is 14.3 Å². The van der Waals surface area contributed by atoms with Crippen molar-refractivity contribution in [3.05, 3.63) is 35.4 Å². The SMILES string of the molecule is CCNC(=O)c1cccc(CNC(=O)CC(CN)OC)c1. The van der Waals surface area contributed by atoms with E-state index in [1.807, 2.05) is 13.0 Å². The molecule has 116 valence electrons. The highest BCUT2D eigenvalue weighted by molar-refractivity contribution is 5.94. The third kappa shape index (κ3) is 5.93. The molecule has 0 spiro atoms. The van der Waals surface area contributed by atoms with Crippen molar-refractivity contribution in [2.75, 3.05) is 20.2 Å². The molecule has 0 aliphatic heterocycles. The highest BCUT2D eigenvalue weighted by Crippen LogP contribution is 2.05. The minimum absolute atomic E-state index is 0.117. The van der Waals surface area contributed by atoms with Crippen molar-refractivity contribution in [3.63, 3.8) is 0 Å². The Balaban J connectivity index is 2.54. The number of rotatable bonds is 8. The minimum Gasteiger partial charge on any atom is -0.380 e. The van der Waals surface area contributed by atoms with E-state index in [2.05, 4.69) is 10.6 Å². The van der Waals surface area contributed by atoms with Crippen LogP contribution in [0.4, 0.5) is 0 Å². The first-order valence-corrected chi connectivity index (χ1v) is 6.97. The molecular weight excluding hydrogens is 270 g/mol. The zero-order valence-corrected chi connectivity index (χ0v) is 12.5. The van der Waals surface area contributed by atoms with Crippen molar-refractivity contribution in [2.24, 2.45) is 5.73 Å². The molecule has 21 heavy (non-hydrogen) atoms. The van der Waals surface area contributed by atoms with Crippen LogP contribution in [0.25, 0.3) is 0 Å². The van der Waals surface area contributed by atoms with Crippen molar-refractivity contribution >= 4 is 11.8 Å². The molecule has 6 heteroatoms. The Labute approximate surface area is 125 Å². The van der Waals surface area contributed by atoms with Gasteiger partial charge in [-0.25, -0.2) is 0 Å². The van der Waals surface area contributed by atoms with Crippen LogP contribution in [0.1, 0.15) is 29.3 Å². The van der Waals surface area contributed by atoms with Gasteiger partial charge in [-0.1, -0.05) is 12.1 Å². The largest absolute Gasteiger partial charge is 0.380 e. The van der Waals surface area contributed by atoms with Gasteiger partial charge >= 0.3 is 0 Å². The molecule has 0 bridgehead atoms. The van der Waals surface area contributed by atoms with Crippen LogP contribution < -0.4 is 16.4 Å². The molecule has 0 aliphatic carbocycles. The molecule has 0 saturated heterocycles. The molecule has 0 saturated carbocycles. The number of nitrogens with two attached hydrogens (primary N) is 1. The quantitative estimate of drug-likeness (QED) is 0.647. The van der Waals surface area contributed by atoms with Gasteiger partial charge in [-0.3, -0.25) is 9.59 Å². The maximum atomic E-state index is 11.7. The summed E-state index contributed by atoms with van der Waals surface area (Å²) in [7, 11) is 1.53. The predicted octanol–water partition coefficient (Wildman–Crippen LogP) is 0.416. The lowest BCUT2D eigenvalue weighted by Gasteiger charge is -2.13. The predicted molar refractivity (Wildman–Crippen MR) is 80.8 cm³/mol. The van der Waals surface area contributed by atoms with Gasteiger partial charge in [0.25, 0.3) is 5.91 Å². The average Bonchev–Trinajstić information content (AvgIpc) is 2.51. The second kappa shape index (κ2) is 9.10. The highest BCUT2D eigenvalue weighted by Gasteiger charge is 2.11. The number of hydrogen-bond donors (Lipinski definition) is 3. The molecule has 1 aromatic rings. The number of amides is 2. The van der Waals surface area contributed by atoms with E-state index in [1.54, 1.807) is 18.2 Å². The number of carbonyl (C=O) groups excluding carboxylic acids is 2. The van der Waals surface area contributed by atoms with Crippen LogP contribution in [0, 0.1) is 0 Å². The molecule has 1 rings (SSSR count). The summed E-state index contributed by atoms with van der Waals surface area (Å²) in [6.07, 6.45) is -0.0464. The summed E-state index contributed by atoms with van der Waals surface area (Å²) < 4.78 is 5.06. The Morgan fingerprint density at radius 2 is 2.10 bits per heavy atom. The lowest BCUT2D eigenvalue weighted by atomic mass is 10.1. The average molecular weight is 293 g/mol. The van der Waals surface area contributed by atoms with Gasteiger partial charge in [0.1, 0.15) is 0 Å². The molecule has 0 radical (unpaired) electrons. The molecular formula is C15H23N3O3. The van der Waals surface area contributed by atoms with Crippen LogP contribution in [-0.4, -0.2) is 38.1 Å². The standard InChI is InChI=1S/C15H23N3O3/c1-3-17-15(20)12-6-4-5-11(7-12)10-18-14(19)8-13(9-16)21-2/h4-7,13H,3,8-10,16H2,1-2H3,(H,17,20)(H,18,19). The van der Waals surface area contributed by atoms with Gasteiger partial charge in [0.05, 0.1) is 12.5 Å². The number of carbonyl (C=O) groups is 2. The van der Waals surface area contributed by atoms with Gasteiger partial charge in [0, 0.05) is 32.3 Å². The third-order valence-corrected chi connectivity index (χ3v) is 3.03. The van der Waals surface area contributed by atoms with Gasteiger partial charge in [0.2, 0.25) is 5.91 Å². The van der Waals surface area contributed by atoms with Gasteiger partial charge in [0.15, 0.2) is 0 Å². The van der Waals surface area contributed by atoms with E-state index in [4.69, 9.17) is 10.5 Å². The third-order valence-electron chi connectivity index (χ3n) is 3.03. The maximum Gasteiger partial charge on any atom is 0.251 e. The lowest BCUT2D eigenvalue weighted by Crippen LogP contribution is -2.32. The monoisotopic (exact) mass is 293 g/mol. The molecule has 0 aliphatic rings. The second-order valence-electron chi connectivity index (χ2n) is 4.63. The first-order chi connectivity index (χ1) is 10.1. The van der Waals surface area contributed by atoms with Gasteiger partial charge < -0.3 is 21.1 Å². The molecule has 4 N–H and O–H groups in total. The van der Waals surface area contributed by atoms with Crippen LogP contribution >= 0.6 is 0 Å². The van der Waals surface area contributed by atoms with E-state index in [1.165, 1.54) is 7.11 Å². The van der Waals surface area contributed by atoms with Crippen molar-refractivity contribution in [2.45, 2.75) is 26.0 Å². The Kier molecular flexibility index (Phi) is 7.42. The van der Waals surface area contributed by atoms with Gasteiger partial charge in [-0.05, 0) is 24.6 Å². The van der Waals surface area contributed by atoms with E-state index in [-0.39, 0.29) is 24.3 Å². The fourth-order valence-corrected chi connectivity index (χ4v) is 1.83. The maximum absolute atomic E-state index is 11.7. The number of benzene rings is 1. The normalized spacial score (nSPS) is 11.8. The molecule has 1 unspecified atom stereocenters. The van der Waals surface area contributed by atoms with Crippen LogP contribution in [0.15, 0.2) is 24.3 Å². The Morgan fingerprint density at radius 1 is 1.33 bits per heavy atom. The summed E-state index contributed by atoms with van der Waals surface area (Å²) >= 11 is 0. The highest BCUT2D eigenvalue weighted by atomic mass is 16.5. The molecule has 1 atom stereocenters. The van der Waals surface area contributed by atoms with Gasteiger partial charge in [-0.2, -0.15) is 0 Å². The Hall–Kier alpha value is -1.92. The first kappa shape index (κ1) is 17.1. The van der Waals surface area contributed by atoms with Crippen molar-refractivity contribution in [3.8, 4) is 0 Å². The van der Waals surface area contributed by atoms with E-state index < -0.39 is 0 Å². The van der Waals surface area contributed by atoms with E-state index in [9.17, 15) is 9.59 Å². The molecule has 0 fully saturated rings. The Bertz CT molecular complexity index is 473. The molecule has 0 heterocycles. The van der Waals surface area contributed by atoms with Crippen molar-refractivity contribution in [1.29, 1.82) is 0 Å². The van der Waals surface area contributed by atoms with E-state index in [0.717, 1.165) is 5.56 Å². The minimum atomic E-state index is -0.272. The smallest absolute Gasteiger partial charge is 0.251 e. The van der Waals surface area contributed by atoms with Crippen LogP contribution in [0.5, 0.6) is 0 Å². The number of ether oxygens (including phenoxy) is 1. The summed E-state index contributed by atoms with van der Waals surface area (Å²) in [6, 6.07) is 7.16. The number of nitrogens with one attached hydrogen (secondary N) is 2. The van der Waals surface area contributed by atoms with Gasteiger partial charge in [-0.15, -0.1) is 0 Å². The van der Waals surface area contributed by atoms with E-state index >= 15 is 0 Å². The summed E-state index contributed by atoms with van der Waals surface area (Å²) in [6.45, 7) is 3.12. The second-order valence-corrected chi connectivity index (χ2v) is 4.63. The zero-order valence-electron chi connectivity index (χ0n) is 12.5. The van der Waals surface area contributed by atoms with E-state index in [0.29, 0.717) is 25.2 Å². The molecule has 0 aromatic heterocycles. The summed E-state index contributed by atoms with van der Waals surface area (Å²) in [4.78, 5) is 23.5. The number of hydrogen-bond acceptors (Lipinski definition) is 4. The molecule has 6 nitrogen and oxygen atoms in total. The fraction of sp³-hybridized carbons (Fsp3) is 0.467. The summed E-state index contributed by atoms with van der Waals surface area (Å²) in [5.41, 5.74) is 6.92. The zero-order chi connectivity index (χ0) is 15.7. The molecule has 1 aromatic carbocycles. The van der Waals surface area contributed by atoms with Crippen LogP contribution in [0.3, 0.4) is 0 Å². The number of methoxy groups -OCH3 is 1. The summed E-state index contributed by atoms with van der Waals surface area (Å²) in [5.74, 6) is -0.246. The van der Waals surface area contributed by atoms with Crippen molar-refractivity contribution in [1.82, 2.24) is 10.6 Å². The van der Waals surface area contributed by atoms with Crippen LogP contribution in [-0.2, 0) is 16.1 Å². The Morgan fingerprint density at radius 3 is 2.71 bits per heavy atom. The molecule has 2 amide bonds. The summed E-state index contributed by atoms with van der Waals surface area (Å²) in [5, 5.41) is 5.53. The van der Waals surface area contributed by atoms with Crippen LogP contribution in [0.2, 0.25) is 0 Å². The fourth-order valence-electron chi connectivity index (χ4n) is 1.83. The lowest BCUT2D eigenvalue weighted by molar-refractivity contribution is -0.123.